The zero-order valence-electron chi connectivity index (χ0n) is 6.46. The Hall–Kier alpha value is -0.340. The number of allylic oxidation sites excluding steroid dienone is 1. The number of aliphatic hydroxyl groups is 2. The highest BCUT2D eigenvalue weighted by molar-refractivity contribution is 5.21. The Labute approximate surface area is 61.2 Å². The molecule has 0 saturated carbocycles. The minimum atomic E-state index is -0.931. The van der Waals surface area contributed by atoms with Crippen LogP contribution in [0.25, 0.3) is 0 Å². The van der Waals surface area contributed by atoms with Crippen molar-refractivity contribution in [3.63, 3.8) is 0 Å². The van der Waals surface area contributed by atoms with E-state index in [2.05, 4.69) is 0 Å². The van der Waals surface area contributed by atoms with Gasteiger partial charge in [0.05, 0.1) is 6.10 Å². The van der Waals surface area contributed by atoms with Crippen molar-refractivity contribution in [3.8, 4) is 0 Å². The molecule has 1 aliphatic carbocycles. The van der Waals surface area contributed by atoms with Crippen LogP contribution in [0.3, 0.4) is 0 Å². The van der Waals surface area contributed by atoms with Crippen LogP contribution in [0.15, 0.2) is 11.6 Å². The molecule has 1 aliphatic rings. The first-order chi connectivity index (χ1) is 4.57. The minimum absolute atomic E-state index is 0.647. The molecule has 0 spiro atoms. The summed E-state index contributed by atoms with van der Waals surface area (Å²) in [7, 11) is 0. The van der Waals surface area contributed by atoms with E-state index < -0.39 is 11.7 Å². The van der Waals surface area contributed by atoms with Gasteiger partial charge in [0.25, 0.3) is 0 Å². The smallest absolute Gasteiger partial charge is 0.111 e. The molecule has 0 aromatic heterocycles. The third-order valence-corrected chi connectivity index (χ3v) is 2.35. The van der Waals surface area contributed by atoms with Crippen molar-refractivity contribution < 1.29 is 10.2 Å². The summed E-state index contributed by atoms with van der Waals surface area (Å²) in [5.41, 5.74) is -0.0255. The third kappa shape index (κ3) is 0.976. The highest BCUT2D eigenvalue weighted by atomic mass is 16.3. The molecule has 0 amide bonds. The van der Waals surface area contributed by atoms with E-state index in [0.29, 0.717) is 6.42 Å². The maximum atomic E-state index is 9.72. The first-order valence-electron chi connectivity index (χ1n) is 3.65. The van der Waals surface area contributed by atoms with Crippen LogP contribution in [0.5, 0.6) is 0 Å². The van der Waals surface area contributed by atoms with E-state index in [-0.39, 0.29) is 0 Å². The van der Waals surface area contributed by atoms with Crippen molar-refractivity contribution in [1.29, 1.82) is 0 Å². The van der Waals surface area contributed by atoms with Crippen molar-refractivity contribution in [2.24, 2.45) is 0 Å². The van der Waals surface area contributed by atoms with Crippen molar-refractivity contribution >= 4 is 0 Å². The van der Waals surface area contributed by atoms with Gasteiger partial charge in [-0.3, -0.25) is 0 Å². The SMILES string of the molecule is CC1=CCC[C@]1(O)[C@H](C)O. The highest BCUT2D eigenvalue weighted by Gasteiger charge is 2.36. The average Bonchev–Trinajstić information content (AvgIpc) is 2.15. The Kier molecular flexibility index (Phi) is 1.84. The molecule has 0 saturated heterocycles. The largest absolute Gasteiger partial charge is 0.390 e. The Balaban J connectivity index is 2.78. The van der Waals surface area contributed by atoms with Gasteiger partial charge in [0.1, 0.15) is 5.60 Å². The zero-order valence-corrected chi connectivity index (χ0v) is 6.46. The minimum Gasteiger partial charge on any atom is -0.390 e. The predicted molar refractivity (Wildman–Crippen MR) is 39.6 cm³/mol. The lowest BCUT2D eigenvalue weighted by molar-refractivity contribution is -0.0366. The lowest BCUT2D eigenvalue weighted by Gasteiger charge is -2.27. The summed E-state index contributed by atoms with van der Waals surface area (Å²) >= 11 is 0. The maximum absolute atomic E-state index is 9.72. The van der Waals surface area contributed by atoms with Crippen molar-refractivity contribution in [2.75, 3.05) is 0 Å². The molecule has 0 heterocycles. The van der Waals surface area contributed by atoms with Crippen LogP contribution < -0.4 is 0 Å². The fraction of sp³-hybridized carbons (Fsp3) is 0.750. The van der Waals surface area contributed by atoms with Crippen molar-refractivity contribution in [3.05, 3.63) is 11.6 Å². The molecule has 0 aromatic carbocycles. The Morgan fingerprint density at radius 3 is 2.50 bits per heavy atom. The summed E-state index contributed by atoms with van der Waals surface area (Å²) in [6.45, 7) is 3.49. The van der Waals surface area contributed by atoms with Gasteiger partial charge in [0, 0.05) is 0 Å². The van der Waals surface area contributed by atoms with E-state index in [4.69, 9.17) is 0 Å². The average molecular weight is 142 g/mol. The Morgan fingerprint density at radius 2 is 2.30 bits per heavy atom. The zero-order chi connectivity index (χ0) is 7.78. The molecule has 10 heavy (non-hydrogen) atoms. The molecule has 0 unspecified atom stereocenters. The molecule has 2 heteroatoms. The van der Waals surface area contributed by atoms with Gasteiger partial charge >= 0.3 is 0 Å². The van der Waals surface area contributed by atoms with Crippen LogP contribution in [0, 0.1) is 0 Å². The third-order valence-electron chi connectivity index (χ3n) is 2.35. The summed E-state index contributed by atoms with van der Waals surface area (Å²) in [4.78, 5) is 0. The number of hydrogen-bond acceptors (Lipinski definition) is 2. The van der Waals surface area contributed by atoms with Gasteiger partial charge in [-0.15, -0.1) is 0 Å². The summed E-state index contributed by atoms with van der Waals surface area (Å²) in [6.07, 6.45) is 2.88. The van der Waals surface area contributed by atoms with E-state index >= 15 is 0 Å². The molecule has 2 atom stereocenters. The van der Waals surface area contributed by atoms with Gasteiger partial charge in [-0.1, -0.05) is 6.08 Å². The molecule has 58 valence electrons. The summed E-state index contributed by atoms with van der Waals surface area (Å²) in [5, 5.41) is 18.9. The molecule has 0 aromatic rings. The summed E-state index contributed by atoms with van der Waals surface area (Å²) < 4.78 is 0. The van der Waals surface area contributed by atoms with Gasteiger partial charge in [0.15, 0.2) is 0 Å². The maximum Gasteiger partial charge on any atom is 0.111 e. The fourth-order valence-corrected chi connectivity index (χ4v) is 1.42. The van der Waals surface area contributed by atoms with Crippen LogP contribution in [0.1, 0.15) is 26.7 Å². The second-order valence-electron chi connectivity index (χ2n) is 3.03. The van der Waals surface area contributed by atoms with E-state index in [1.165, 1.54) is 0 Å². The molecular weight excluding hydrogens is 128 g/mol. The van der Waals surface area contributed by atoms with Crippen LogP contribution in [-0.2, 0) is 0 Å². The molecule has 0 fully saturated rings. The van der Waals surface area contributed by atoms with Crippen LogP contribution in [-0.4, -0.2) is 21.9 Å². The molecular formula is C8H14O2. The summed E-state index contributed by atoms with van der Waals surface area (Å²) in [6, 6.07) is 0. The molecule has 1 rings (SSSR count). The lowest BCUT2D eigenvalue weighted by Crippen LogP contribution is -2.39. The second kappa shape index (κ2) is 2.36. The van der Waals surface area contributed by atoms with Crippen LogP contribution in [0.2, 0.25) is 0 Å². The van der Waals surface area contributed by atoms with E-state index in [1.807, 2.05) is 13.0 Å². The Bertz CT molecular complexity index is 161. The molecule has 2 nitrogen and oxygen atoms in total. The second-order valence-corrected chi connectivity index (χ2v) is 3.03. The van der Waals surface area contributed by atoms with Crippen molar-refractivity contribution in [1.82, 2.24) is 0 Å². The standard InChI is InChI=1S/C8H14O2/c1-6-4-3-5-8(6,10)7(2)9/h4,7,9-10H,3,5H2,1-2H3/t7-,8+/m0/s1. The van der Waals surface area contributed by atoms with E-state index in [1.54, 1.807) is 6.92 Å². The molecule has 0 aliphatic heterocycles. The molecule has 0 radical (unpaired) electrons. The van der Waals surface area contributed by atoms with Gasteiger partial charge in [-0.25, -0.2) is 0 Å². The molecule has 0 bridgehead atoms. The first kappa shape index (κ1) is 7.76. The molecule has 2 N–H and O–H groups in total. The quantitative estimate of drug-likeness (QED) is 0.532. The number of rotatable bonds is 1. The van der Waals surface area contributed by atoms with E-state index in [9.17, 15) is 10.2 Å². The van der Waals surface area contributed by atoms with Gasteiger partial charge in [-0.05, 0) is 32.3 Å². The lowest BCUT2D eigenvalue weighted by atomic mass is 9.91. The van der Waals surface area contributed by atoms with Crippen LogP contribution >= 0.6 is 0 Å². The fourth-order valence-electron chi connectivity index (χ4n) is 1.42. The van der Waals surface area contributed by atoms with Gasteiger partial charge in [-0.2, -0.15) is 0 Å². The van der Waals surface area contributed by atoms with Gasteiger partial charge in [0.2, 0.25) is 0 Å². The normalized spacial score (nSPS) is 35.8. The van der Waals surface area contributed by atoms with Gasteiger partial charge < -0.3 is 10.2 Å². The Morgan fingerprint density at radius 1 is 1.70 bits per heavy atom. The first-order valence-corrected chi connectivity index (χ1v) is 3.65. The predicted octanol–water partition coefficient (Wildman–Crippen LogP) is 0.838. The monoisotopic (exact) mass is 142 g/mol. The highest BCUT2D eigenvalue weighted by Crippen LogP contribution is 2.32. The number of hydrogen-bond donors (Lipinski definition) is 2. The van der Waals surface area contributed by atoms with Crippen LogP contribution in [0.4, 0.5) is 0 Å². The van der Waals surface area contributed by atoms with Crippen molar-refractivity contribution in [2.45, 2.75) is 38.4 Å². The summed E-state index contributed by atoms with van der Waals surface area (Å²) in [5.74, 6) is 0. The topological polar surface area (TPSA) is 40.5 Å². The van der Waals surface area contributed by atoms with E-state index in [0.717, 1.165) is 12.0 Å². The number of aliphatic hydroxyl groups excluding tert-OH is 1.